The summed E-state index contributed by atoms with van der Waals surface area (Å²) in [5, 5.41) is 3.04. The van der Waals surface area contributed by atoms with E-state index in [1.165, 1.54) is 41.6 Å². The molecule has 0 spiro atoms. The number of carbonyl (C=O) groups is 1. The maximum absolute atomic E-state index is 12.9. The molecule has 1 aliphatic rings. The van der Waals surface area contributed by atoms with Crippen LogP contribution in [0.15, 0.2) is 192 Å². The topological polar surface area (TPSA) is 67.8 Å². The summed E-state index contributed by atoms with van der Waals surface area (Å²) in [5.41, 5.74) is 13.6. The second-order valence-electron chi connectivity index (χ2n) is 15.4. The lowest BCUT2D eigenvalue weighted by molar-refractivity contribution is -0.117. The number of amides is 1. The van der Waals surface area contributed by atoms with E-state index in [1.807, 2.05) is 105 Å². The first-order valence-electron chi connectivity index (χ1n) is 19.8. The van der Waals surface area contributed by atoms with Gasteiger partial charge in [-0.25, -0.2) is 4.98 Å². The predicted molar refractivity (Wildman–Crippen MR) is 240 cm³/mol. The lowest BCUT2D eigenvalue weighted by atomic mass is 9.72. The molecule has 0 atom stereocenters. The molecule has 0 saturated carbocycles. The van der Waals surface area contributed by atoms with E-state index in [2.05, 4.69) is 105 Å². The summed E-state index contributed by atoms with van der Waals surface area (Å²) in [4.78, 5) is 26.8. The first-order valence-corrected chi connectivity index (χ1v) is 19.8. The Morgan fingerprint density at radius 3 is 1.81 bits per heavy atom. The molecule has 0 unspecified atom stereocenters. The van der Waals surface area contributed by atoms with Crippen LogP contribution in [0.2, 0.25) is 0 Å². The molecule has 5 nitrogen and oxygen atoms in total. The third kappa shape index (κ3) is 12.9. The highest BCUT2D eigenvalue weighted by molar-refractivity contribution is 5.93. The van der Waals surface area contributed by atoms with E-state index in [0.717, 1.165) is 45.0 Å². The SMILES string of the molecule is CC1=C(/C=C/C(C)=C/C=C/C(C)=C/C=C/C=C(C)/C=C/C=C(\C)C(=O)NCc2ccc(-c3cc(-c4ccccn4)nc(-c4ccccn4)c3)cc2)C(C)(C)CCC1. The van der Waals surface area contributed by atoms with Crippen LogP contribution in [0.3, 0.4) is 0 Å². The van der Waals surface area contributed by atoms with Crippen molar-refractivity contribution in [3.8, 4) is 33.9 Å². The molecule has 0 aliphatic heterocycles. The van der Waals surface area contributed by atoms with E-state index in [9.17, 15) is 4.79 Å². The van der Waals surface area contributed by atoms with Crippen molar-refractivity contribution in [1.29, 1.82) is 0 Å². The monoisotopic (exact) mass is 752 g/mol. The molecule has 1 amide bonds. The zero-order chi connectivity index (χ0) is 40.6. The molecule has 0 fully saturated rings. The third-order valence-electron chi connectivity index (χ3n) is 10.1. The second kappa shape index (κ2) is 20.6. The minimum atomic E-state index is -0.102. The van der Waals surface area contributed by atoms with Gasteiger partial charge in [0.05, 0.1) is 22.8 Å². The van der Waals surface area contributed by atoms with Gasteiger partial charge in [-0.2, -0.15) is 0 Å². The van der Waals surface area contributed by atoms with Gasteiger partial charge in [0.25, 0.3) is 0 Å². The lowest BCUT2D eigenvalue weighted by Crippen LogP contribution is -2.23. The molecule has 1 N–H and O–H groups in total. The van der Waals surface area contributed by atoms with Gasteiger partial charge in [-0.1, -0.05) is 145 Å². The average molecular weight is 753 g/mol. The molecule has 5 heteroatoms. The highest BCUT2D eigenvalue weighted by Crippen LogP contribution is 2.40. The summed E-state index contributed by atoms with van der Waals surface area (Å²) < 4.78 is 0. The van der Waals surface area contributed by atoms with E-state index in [0.29, 0.717) is 12.1 Å². The summed E-state index contributed by atoms with van der Waals surface area (Å²) in [5.74, 6) is -0.102. The smallest absolute Gasteiger partial charge is 0.247 e. The fourth-order valence-corrected chi connectivity index (χ4v) is 6.70. The summed E-state index contributed by atoms with van der Waals surface area (Å²) in [6.07, 6.45) is 32.2. The molecule has 3 heterocycles. The Labute approximate surface area is 340 Å². The number of nitrogens with zero attached hydrogens (tertiary/aromatic N) is 3. The molecular weight excluding hydrogens is 697 g/mol. The molecule has 1 aromatic carbocycles. The van der Waals surface area contributed by atoms with Gasteiger partial charge in [-0.05, 0) is 118 Å². The zero-order valence-corrected chi connectivity index (χ0v) is 34.6. The van der Waals surface area contributed by atoms with Gasteiger partial charge in [0, 0.05) is 24.5 Å². The summed E-state index contributed by atoms with van der Waals surface area (Å²) in [6.45, 7) is 15.5. The molecule has 4 aromatic rings. The molecule has 290 valence electrons. The number of nitrogens with one attached hydrogen (secondary N) is 1. The zero-order valence-electron chi connectivity index (χ0n) is 34.6. The first kappa shape index (κ1) is 42.0. The number of aromatic nitrogens is 3. The fraction of sp³-hybridized carbons (Fsp3) is 0.231. The Hall–Kier alpha value is -6.20. The van der Waals surface area contributed by atoms with Gasteiger partial charge in [0.1, 0.15) is 0 Å². The molecule has 1 aliphatic carbocycles. The van der Waals surface area contributed by atoms with Crippen LogP contribution in [0, 0.1) is 5.41 Å². The molecule has 57 heavy (non-hydrogen) atoms. The van der Waals surface area contributed by atoms with Crippen LogP contribution in [0.1, 0.15) is 73.3 Å². The van der Waals surface area contributed by atoms with Crippen molar-refractivity contribution in [2.75, 3.05) is 0 Å². The summed E-state index contributed by atoms with van der Waals surface area (Å²) in [6, 6.07) is 23.9. The van der Waals surface area contributed by atoms with E-state index in [4.69, 9.17) is 4.98 Å². The number of rotatable bonds is 14. The molecule has 0 radical (unpaired) electrons. The molecule has 0 saturated heterocycles. The number of pyridine rings is 3. The van der Waals surface area contributed by atoms with Gasteiger partial charge in [-0.15, -0.1) is 0 Å². The fourth-order valence-electron chi connectivity index (χ4n) is 6.70. The highest BCUT2D eigenvalue weighted by atomic mass is 16.1. The molecule has 0 bridgehead atoms. The van der Waals surface area contributed by atoms with Crippen LogP contribution in [-0.4, -0.2) is 20.9 Å². The van der Waals surface area contributed by atoms with Crippen molar-refractivity contribution in [3.63, 3.8) is 0 Å². The number of allylic oxidation sites excluding steroid dienone is 17. The minimum Gasteiger partial charge on any atom is -0.348 e. The van der Waals surface area contributed by atoms with Gasteiger partial charge < -0.3 is 5.32 Å². The third-order valence-corrected chi connectivity index (χ3v) is 10.1. The maximum Gasteiger partial charge on any atom is 0.247 e. The van der Waals surface area contributed by atoms with Crippen molar-refractivity contribution in [3.05, 3.63) is 197 Å². The number of carbonyl (C=O) groups excluding carboxylic acids is 1. The normalized spacial score (nSPS) is 15.8. The van der Waals surface area contributed by atoms with Crippen LogP contribution in [0.4, 0.5) is 0 Å². The number of benzene rings is 1. The Morgan fingerprint density at radius 2 is 1.25 bits per heavy atom. The molecule has 5 rings (SSSR count). The Bertz CT molecular complexity index is 2220. The van der Waals surface area contributed by atoms with E-state index >= 15 is 0 Å². The summed E-state index contributed by atoms with van der Waals surface area (Å²) in [7, 11) is 0. The largest absolute Gasteiger partial charge is 0.348 e. The van der Waals surface area contributed by atoms with Crippen molar-refractivity contribution in [2.45, 2.75) is 74.3 Å². The highest BCUT2D eigenvalue weighted by Gasteiger charge is 2.26. The van der Waals surface area contributed by atoms with Gasteiger partial charge in [0.15, 0.2) is 0 Å². The second-order valence-corrected chi connectivity index (χ2v) is 15.4. The van der Waals surface area contributed by atoms with E-state index < -0.39 is 0 Å². The average Bonchev–Trinajstić information content (AvgIpc) is 3.21. The standard InChI is InChI=1S/C52H56N4O/c1-38(19-14-20-40(3)26-31-46-41(4)23-16-32-52(46,6)7)17-8-9-18-39(2)21-15-22-42(5)51(57)55-37-43-27-29-44(30-28-43)45-35-49(47-24-10-12-33-53-47)56-50(36-45)48-25-11-13-34-54-48/h8-15,17-22,24-31,33-36H,16,23,32,37H2,1-7H3,(H,55,57)/b9-8+,19-14+,21-15+,31-26+,38-17+,39-18+,40-20+,42-22+. The van der Waals surface area contributed by atoms with Crippen molar-refractivity contribution in [2.24, 2.45) is 5.41 Å². The molecular formula is C52H56N4O. The first-order chi connectivity index (χ1) is 27.5. The Balaban J connectivity index is 1.11. The van der Waals surface area contributed by atoms with Crippen LogP contribution in [0.5, 0.6) is 0 Å². The number of hydrogen-bond acceptors (Lipinski definition) is 4. The van der Waals surface area contributed by atoms with Gasteiger partial charge in [-0.3, -0.25) is 14.8 Å². The van der Waals surface area contributed by atoms with Crippen LogP contribution in [-0.2, 0) is 11.3 Å². The Morgan fingerprint density at radius 1 is 0.684 bits per heavy atom. The molecule has 3 aromatic heterocycles. The van der Waals surface area contributed by atoms with Gasteiger partial charge in [0.2, 0.25) is 5.91 Å². The van der Waals surface area contributed by atoms with E-state index in [1.54, 1.807) is 12.4 Å². The van der Waals surface area contributed by atoms with Crippen molar-refractivity contribution in [1.82, 2.24) is 20.3 Å². The quantitative estimate of drug-likeness (QED) is 0.103. The number of hydrogen-bond donors (Lipinski definition) is 1. The van der Waals surface area contributed by atoms with Crippen LogP contribution < -0.4 is 5.32 Å². The minimum absolute atomic E-state index is 0.102. The van der Waals surface area contributed by atoms with Gasteiger partial charge >= 0.3 is 0 Å². The van der Waals surface area contributed by atoms with Crippen molar-refractivity contribution < 1.29 is 4.79 Å². The van der Waals surface area contributed by atoms with Crippen molar-refractivity contribution >= 4 is 5.91 Å². The Kier molecular flexibility index (Phi) is 15.2. The summed E-state index contributed by atoms with van der Waals surface area (Å²) >= 11 is 0. The van der Waals surface area contributed by atoms with E-state index in [-0.39, 0.29) is 11.3 Å². The maximum atomic E-state index is 12.9. The van der Waals surface area contributed by atoms with Crippen LogP contribution >= 0.6 is 0 Å². The van der Waals surface area contributed by atoms with Crippen LogP contribution in [0.25, 0.3) is 33.9 Å². The lowest BCUT2D eigenvalue weighted by Gasteiger charge is -2.32. The predicted octanol–water partition coefficient (Wildman–Crippen LogP) is 13.0.